The van der Waals surface area contributed by atoms with E-state index in [1.807, 2.05) is 13.0 Å². The molecule has 0 spiro atoms. The Bertz CT molecular complexity index is 1140. The van der Waals surface area contributed by atoms with Crippen molar-refractivity contribution in [2.45, 2.75) is 31.3 Å². The molecule has 1 aliphatic heterocycles. The lowest BCUT2D eigenvalue weighted by atomic mass is 9.82. The van der Waals surface area contributed by atoms with Gasteiger partial charge in [-0.2, -0.15) is 0 Å². The lowest BCUT2D eigenvalue weighted by molar-refractivity contribution is -0.133. The summed E-state index contributed by atoms with van der Waals surface area (Å²) < 4.78 is 5.66. The summed E-state index contributed by atoms with van der Waals surface area (Å²) in [5.74, 6) is -0.950. The van der Waals surface area contributed by atoms with Crippen molar-refractivity contribution >= 4 is 29.2 Å². The van der Waals surface area contributed by atoms with Gasteiger partial charge in [0.15, 0.2) is 5.54 Å². The number of amides is 1. The number of hydrogen-bond donors (Lipinski definition) is 2. The fourth-order valence-electron chi connectivity index (χ4n) is 4.48. The van der Waals surface area contributed by atoms with Crippen molar-refractivity contribution in [3.63, 3.8) is 0 Å². The van der Waals surface area contributed by atoms with Gasteiger partial charge in [-0.15, -0.1) is 0 Å². The number of fused-ring (bicyclic) bond motifs is 1. The van der Waals surface area contributed by atoms with Gasteiger partial charge in [0.05, 0.1) is 23.4 Å². The third-order valence-corrected chi connectivity index (χ3v) is 6.33. The maximum atomic E-state index is 14.0. The van der Waals surface area contributed by atoms with Gasteiger partial charge >= 0.3 is 5.97 Å². The molecule has 1 aliphatic carbocycles. The average molecular weight is 439 g/mol. The summed E-state index contributed by atoms with van der Waals surface area (Å²) in [6.07, 6.45) is 5.40. The van der Waals surface area contributed by atoms with E-state index in [9.17, 15) is 14.7 Å². The zero-order valence-corrected chi connectivity index (χ0v) is 18.0. The Morgan fingerprint density at radius 1 is 1.26 bits per heavy atom. The summed E-state index contributed by atoms with van der Waals surface area (Å²) in [6.45, 7) is 4.06. The predicted octanol–water partition coefficient (Wildman–Crippen LogP) is 4.02. The molecule has 2 aromatic carbocycles. The number of benzene rings is 2. The fourth-order valence-corrected chi connectivity index (χ4v) is 4.76. The number of ether oxygens (including phenoxy) is 1. The van der Waals surface area contributed by atoms with E-state index in [-0.39, 0.29) is 5.57 Å². The number of nitrogens with two attached hydrogens (primary N) is 1. The SMILES string of the molecule is CCOc1ccc2c(c1)C(N)(c1ccccc1Cl)C(=O)N2C1(C)CC=CC=C1C(=O)O. The second-order valence-electron chi connectivity index (χ2n) is 7.83. The molecule has 2 aromatic rings. The molecule has 0 aromatic heterocycles. The van der Waals surface area contributed by atoms with E-state index in [1.54, 1.807) is 55.5 Å². The summed E-state index contributed by atoms with van der Waals surface area (Å²) in [4.78, 5) is 27.6. The Kier molecular flexibility index (Phi) is 5.15. The van der Waals surface area contributed by atoms with Crippen molar-refractivity contribution in [1.82, 2.24) is 0 Å². The van der Waals surface area contributed by atoms with Crippen molar-refractivity contribution in [2.75, 3.05) is 11.5 Å². The molecule has 4 rings (SSSR count). The number of carbonyl (C=O) groups is 2. The van der Waals surface area contributed by atoms with Crippen LogP contribution >= 0.6 is 11.6 Å². The van der Waals surface area contributed by atoms with Crippen LogP contribution in [0.15, 0.2) is 66.3 Å². The standard InChI is InChI=1S/C24H23ClN2O4/c1-3-31-15-11-12-20-18(14-15)24(26,16-8-4-5-10-19(16)25)22(30)27(20)23(2)13-7-6-9-17(23)21(28)29/h4-12,14H,3,13,26H2,1-2H3,(H,28,29). The van der Waals surface area contributed by atoms with Crippen LogP contribution in [0.4, 0.5) is 5.69 Å². The number of carbonyl (C=O) groups excluding carboxylic acids is 1. The van der Waals surface area contributed by atoms with Crippen molar-refractivity contribution < 1.29 is 19.4 Å². The van der Waals surface area contributed by atoms with Gasteiger partial charge in [-0.1, -0.05) is 42.0 Å². The monoisotopic (exact) mass is 438 g/mol. The van der Waals surface area contributed by atoms with Crippen LogP contribution in [0.2, 0.25) is 5.02 Å². The number of allylic oxidation sites excluding steroid dienone is 2. The van der Waals surface area contributed by atoms with E-state index in [2.05, 4.69) is 0 Å². The molecule has 160 valence electrons. The highest BCUT2D eigenvalue weighted by atomic mass is 35.5. The van der Waals surface area contributed by atoms with E-state index in [1.165, 1.54) is 11.0 Å². The molecule has 1 heterocycles. The van der Waals surface area contributed by atoms with Crippen molar-refractivity contribution in [2.24, 2.45) is 5.73 Å². The van der Waals surface area contributed by atoms with Gasteiger partial charge in [0, 0.05) is 16.1 Å². The number of halogens is 1. The number of anilines is 1. The zero-order valence-electron chi connectivity index (χ0n) is 17.3. The molecule has 1 amide bonds. The largest absolute Gasteiger partial charge is 0.494 e. The second kappa shape index (κ2) is 7.55. The minimum absolute atomic E-state index is 0.117. The van der Waals surface area contributed by atoms with Crippen LogP contribution in [0, 0.1) is 0 Å². The fraction of sp³-hybridized carbons (Fsp3) is 0.250. The molecule has 0 saturated carbocycles. The first-order valence-electron chi connectivity index (χ1n) is 10.0. The number of rotatable bonds is 5. The highest BCUT2D eigenvalue weighted by Crippen LogP contribution is 2.50. The molecule has 0 saturated heterocycles. The van der Waals surface area contributed by atoms with E-state index in [0.29, 0.717) is 40.6 Å². The molecule has 3 N–H and O–H groups in total. The first-order chi connectivity index (χ1) is 14.7. The maximum Gasteiger partial charge on any atom is 0.333 e. The molecule has 2 atom stereocenters. The summed E-state index contributed by atoms with van der Waals surface area (Å²) in [7, 11) is 0. The molecular formula is C24H23ClN2O4. The molecule has 31 heavy (non-hydrogen) atoms. The Hall–Kier alpha value is -3.09. The number of nitrogens with zero attached hydrogens (tertiary/aromatic N) is 1. The molecule has 2 aliphatic rings. The van der Waals surface area contributed by atoms with E-state index in [0.717, 1.165) is 0 Å². The molecule has 0 radical (unpaired) electrons. The summed E-state index contributed by atoms with van der Waals surface area (Å²) in [5, 5.41) is 10.2. The lowest BCUT2D eigenvalue weighted by Crippen LogP contribution is -2.57. The van der Waals surface area contributed by atoms with Crippen LogP contribution in [-0.2, 0) is 15.1 Å². The predicted molar refractivity (Wildman–Crippen MR) is 119 cm³/mol. The zero-order chi connectivity index (χ0) is 22.4. The number of hydrogen-bond acceptors (Lipinski definition) is 4. The van der Waals surface area contributed by atoms with Crippen LogP contribution in [0.3, 0.4) is 0 Å². The van der Waals surface area contributed by atoms with Gasteiger partial charge in [-0.05, 0) is 50.6 Å². The lowest BCUT2D eigenvalue weighted by Gasteiger charge is -2.41. The number of aliphatic carboxylic acids is 1. The maximum absolute atomic E-state index is 14.0. The topological polar surface area (TPSA) is 92.9 Å². The third kappa shape index (κ3) is 3.06. The van der Waals surface area contributed by atoms with Crippen LogP contribution < -0.4 is 15.4 Å². The van der Waals surface area contributed by atoms with Crippen molar-refractivity contribution in [1.29, 1.82) is 0 Å². The summed E-state index contributed by atoms with van der Waals surface area (Å²) in [5.41, 5.74) is 5.79. The normalized spacial score (nSPS) is 24.7. The molecule has 0 bridgehead atoms. The average Bonchev–Trinajstić information content (AvgIpc) is 2.97. The van der Waals surface area contributed by atoms with Crippen LogP contribution in [0.1, 0.15) is 31.4 Å². The second-order valence-corrected chi connectivity index (χ2v) is 8.24. The van der Waals surface area contributed by atoms with Crippen LogP contribution in [0.5, 0.6) is 5.75 Å². The first-order valence-corrected chi connectivity index (χ1v) is 10.4. The first kappa shape index (κ1) is 21.2. The van der Waals surface area contributed by atoms with Crippen molar-refractivity contribution in [3.8, 4) is 5.75 Å². The Balaban J connectivity index is 1.98. The van der Waals surface area contributed by atoms with E-state index < -0.39 is 23.0 Å². The summed E-state index contributed by atoms with van der Waals surface area (Å²) >= 11 is 6.48. The number of carboxylic acids is 1. The van der Waals surface area contributed by atoms with Crippen molar-refractivity contribution in [3.05, 3.63) is 82.4 Å². The van der Waals surface area contributed by atoms with Gasteiger partial charge in [0.1, 0.15) is 5.75 Å². The summed E-state index contributed by atoms with van der Waals surface area (Å²) in [6, 6.07) is 12.2. The number of carboxylic acid groups (broad SMARTS) is 1. The molecule has 0 fully saturated rings. The smallest absolute Gasteiger partial charge is 0.333 e. The van der Waals surface area contributed by atoms with Crippen LogP contribution in [-0.4, -0.2) is 29.1 Å². The highest BCUT2D eigenvalue weighted by Gasteiger charge is 2.56. The van der Waals surface area contributed by atoms with E-state index >= 15 is 0 Å². The minimum Gasteiger partial charge on any atom is -0.494 e. The Morgan fingerprint density at radius 3 is 2.68 bits per heavy atom. The van der Waals surface area contributed by atoms with Gasteiger partial charge in [0.25, 0.3) is 5.91 Å². The van der Waals surface area contributed by atoms with Gasteiger partial charge in [-0.3, -0.25) is 9.69 Å². The van der Waals surface area contributed by atoms with Gasteiger partial charge in [0.2, 0.25) is 0 Å². The molecular weight excluding hydrogens is 416 g/mol. The minimum atomic E-state index is -1.59. The van der Waals surface area contributed by atoms with Gasteiger partial charge in [-0.25, -0.2) is 4.79 Å². The third-order valence-electron chi connectivity index (χ3n) is 6.00. The van der Waals surface area contributed by atoms with Gasteiger partial charge < -0.3 is 15.6 Å². The molecule has 7 heteroatoms. The van der Waals surface area contributed by atoms with E-state index in [4.69, 9.17) is 22.1 Å². The molecule has 6 nitrogen and oxygen atoms in total. The van der Waals surface area contributed by atoms with Crippen LogP contribution in [0.25, 0.3) is 0 Å². The highest BCUT2D eigenvalue weighted by molar-refractivity contribution is 6.32. The quantitative estimate of drug-likeness (QED) is 0.735. The molecule has 2 unspecified atom stereocenters. The Labute approximate surface area is 185 Å². The Morgan fingerprint density at radius 2 is 2.00 bits per heavy atom.